The molecule has 1 aromatic rings. The Hall–Kier alpha value is -1.63. The minimum atomic E-state index is 0.808. The maximum absolute atomic E-state index is 10.3. The van der Waals surface area contributed by atoms with Gasteiger partial charge in [0.15, 0.2) is 0 Å². The van der Waals surface area contributed by atoms with Crippen molar-refractivity contribution in [3.05, 3.63) is 52.6 Å². The third kappa shape index (κ3) is 4.81. The average molecular weight is 228 g/mol. The number of carbonyl (C=O) groups is 1. The van der Waals surface area contributed by atoms with Crippen molar-refractivity contribution in [3.8, 4) is 0 Å². The molecule has 0 saturated heterocycles. The number of carbonyl (C=O) groups excluding carboxylic acids is 1. The molecule has 1 heteroatoms. The van der Waals surface area contributed by atoms with E-state index in [-0.39, 0.29) is 0 Å². The molecule has 1 nitrogen and oxygen atoms in total. The Labute approximate surface area is 104 Å². The summed E-state index contributed by atoms with van der Waals surface area (Å²) in [6.07, 6.45) is 8.61. The van der Waals surface area contributed by atoms with Crippen molar-refractivity contribution in [2.24, 2.45) is 0 Å². The third-order valence-electron chi connectivity index (χ3n) is 2.67. The molecule has 0 amide bonds. The lowest BCUT2D eigenvalue weighted by atomic mass is 10.0. The summed E-state index contributed by atoms with van der Waals surface area (Å²) in [4.78, 5) is 10.3. The maximum Gasteiger partial charge on any atom is 0.142 e. The van der Waals surface area contributed by atoms with Gasteiger partial charge in [-0.1, -0.05) is 35.9 Å². The van der Waals surface area contributed by atoms with Crippen molar-refractivity contribution in [3.63, 3.8) is 0 Å². The number of aldehydes is 1. The largest absolute Gasteiger partial charge is 0.299 e. The Bertz CT molecular complexity index is 435. The minimum Gasteiger partial charge on any atom is -0.299 e. The van der Waals surface area contributed by atoms with Crippen molar-refractivity contribution in [2.75, 3.05) is 0 Å². The normalized spacial score (nSPS) is 10.5. The monoisotopic (exact) mass is 228 g/mol. The molecule has 0 aliphatic carbocycles. The predicted molar refractivity (Wildman–Crippen MR) is 74.0 cm³/mol. The van der Waals surface area contributed by atoms with Gasteiger partial charge in [0.1, 0.15) is 6.29 Å². The van der Waals surface area contributed by atoms with E-state index < -0.39 is 0 Å². The number of benzene rings is 1. The van der Waals surface area contributed by atoms with Crippen molar-refractivity contribution >= 4 is 12.4 Å². The molecule has 0 N–H and O–H groups in total. The van der Waals surface area contributed by atoms with Crippen LogP contribution in [0.25, 0.3) is 6.08 Å². The van der Waals surface area contributed by atoms with E-state index in [2.05, 4.69) is 45.0 Å². The van der Waals surface area contributed by atoms with Crippen LogP contribution in [0.3, 0.4) is 0 Å². The number of allylic oxidation sites excluding steroid dienone is 3. The topological polar surface area (TPSA) is 17.1 Å². The zero-order chi connectivity index (χ0) is 12.7. The van der Waals surface area contributed by atoms with Crippen LogP contribution >= 0.6 is 0 Å². The molecular formula is C16H20O. The van der Waals surface area contributed by atoms with E-state index >= 15 is 0 Å². The van der Waals surface area contributed by atoms with E-state index in [4.69, 9.17) is 0 Å². The summed E-state index contributed by atoms with van der Waals surface area (Å²) >= 11 is 0. The molecule has 0 saturated carbocycles. The van der Waals surface area contributed by atoms with Crippen LogP contribution in [0.15, 0.2) is 35.9 Å². The van der Waals surface area contributed by atoms with Gasteiger partial charge in [0.25, 0.3) is 0 Å². The van der Waals surface area contributed by atoms with Crippen LogP contribution in [0.5, 0.6) is 0 Å². The van der Waals surface area contributed by atoms with Crippen LogP contribution in [0.2, 0.25) is 0 Å². The van der Waals surface area contributed by atoms with Crippen LogP contribution in [-0.2, 0) is 11.2 Å². The van der Waals surface area contributed by atoms with Crippen LogP contribution in [0.1, 0.15) is 37.0 Å². The van der Waals surface area contributed by atoms with Gasteiger partial charge in [-0.3, -0.25) is 4.79 Å². The van der Waals surface area contributed by atoms with E-state index in [1.54, 1.807) is 0 Å². The Balaban J connectivity index is 2.71. The highest BCUT2D eigenvalue weighted by Gasteiger charge is 1.97. The first-order chi connectivity index (χ1) is 8.13. The molecule has 0 unspecified atom stereocenters. The minimum absolute atomic E-state index is 0.808. The summed E-state index contributed by atoms with van der Waals surface area (Å²) in [5.74, 6) is 0. The van der Waals surface area contributed by atoms with E-state index in [1.165, 1.54) is 22.8 Å². The highest BCUT2D eigenvalue weighted by molar-refractivity contribution is 5.74. The third-order valence-corrected chi connectivity index (χ3v) is 2.67. The molecule has 0 spiro atoms. The fourth-order valence-corrected chi connectivity index (χ4v) is 1.75. The van der Waals surface area contributed by atoms with Gasteiger partial charge < -0.3 is 0 Å². The lowest BCUT2D eigenvalue weighted by molar-refractivity contribution is -0.104. The maximum atomic E-state index is 10.3. The molecule has 0 heterocycles. The molecule has 0 radical (unpaired) electrons. The molecule has 90 valence electrons. The zero-order valence-electron chi connectivity index (χ0n) is 10.9. The highest BCUT2D eigenvalue weighted by Crippen LogP contribution is 2.14. The van der Waals surface area contributed by atoms with E-state index in [0.717, 1.165) is 24.7 Å². The summed E-state index contributed by atoms with van der Waals surface area (Å²) in [5, 5.41) is 0. The smallest absolute Gasteiger partial charge is 0.142 e. The second-order valence-electron chi connectivity index (χ2n) is 4.51. The molecule has 0 aromatic heterocycles. The van der Waals surface area contributed by atoms with E-state index in [9.17, 15) is 4.79 Å². The van der Waals surface area contributed by atoms with E-state index in [1.807, 2.05) is 6.08 Å². The molecule has 0 atom stereocenters. The standard InChI is InChI=1S/C16H20O/c1-13(2)6-4-7-15-9-10-16(8-5-11-17)14(3)12-15/h5-6,8-12H,4,7H2,1-3H3/b8-5+. The molecule has 0 aliphatic rings. The number of hydrogen-bond acceptors (Lipinski definition) is 1. The fraction of sp³-hybridized carbons (Fsp3) is 0.312. The summed E-state index contributed by atoms with van der Waals surface area (Å²) in [6.45, 7) is 6.33. The predicted octanol–water partition coefficient (Wildman–Crippen LogP) is 4.11. The summed E-state index contributed by atoms with van der Waals surface area (Å²) < 4.78 is 0. The van der Waals surface area contributed by atoms with Crippen molar-refractivity contribution in [1.29, 1.82) is 0 Å². The van der Waals surface area contributed by atoms with Crippen LogP contribution in [0, 0.1) is 6.92 Å². The quantitative estimate of drug-likeness (QED) is 0.421. The molecule has 0 fully saturated rings. The van der Waals surface area contributed by atoms with E-state index in [0.29, 0.717) is 0 Å². The number of aryl methyl sites for hydroxylation is 2. The van der Waals surface area contributed by atoms with Crippen molar-refractivity contribution < 1.29 is 4.79 Å². The lowest BCUT2D eigenvalue weighted by Crippen LogP contribution is -1.88. The fourth-order valence-electron chi connectivity index (χ4n) is 1.75. The first-order valence-electron chi connectivity index (χ1n) is 5.98. The number of rotatable bonds is 5. The Kier molecular flexibility index (Phi) is 5.41. The van der Waals surface area contributed by atoms with Gasteiger partial charge in [0, 0.05) is 0 Å². The van der Waals surface area contributed by atoms with Gasteiger partial charge in [0.2, 0.25) is 0 Å². The molecule has 1 aromatic carbocycles. The summed E-state index contributed by atoms with van der Waals surface area (Å²) in [6, 6.07) is 6.41. The zero-order valence-corrected chi connectivity index (χ0v) is 10.9. The first-order valence-corrected chi connectivity index (χ1v) is 5.98. The second kappa shape index (κ2) is 6.85. The van der Waals surface area contributed by atoms with Gasteiger partial charge in [-0.25, -0.2) is 0 Å². The molecule has 17 heavy (non-hydrogen) atoms. The van der Waals surface area contributed by atoms with Gasteiger partial charge in [-0.2, -0.15) is 0 Å². The van der Waals surface area contributed by atoms with Gasteiger partial charge >= 0.3 is 0 Å². The summed E-state index contributed by atoms with van der Waals surface area (Å²) in [7, 11) is 0. The van der Waals surface area contributed by atoms with Crippen LogP contribution in [-0.4, -0.2) is 6.29 Å². The van der Waals surface area contributed by atoms with Gasteiger partial charge in [-0.15, -0.1) is 0 Å². The summed E-state index contributed by atoms with van der Waals surface area (Å²) in [5.41, 5.74) is 5.05. The molecular weight excluding hydrogens is 208 g/mol. The van der Waals surface area contributed by atoms with Crippen LogP contribution < -0.4 is 0 Å². The van der Waals surface area contributed by atoms with Crippen molar-refractivity contribution in [1.82, 2.24) is 0 Å². The Morgan fingerprint density at radius 1 is 1.29 bits per heavy atom. The highest BCUT2D eigenvalue weighted by atomic mass is 16.1. The van der Waals surface area contributed by atoms with Gasteiger partial charge in [0.05, 0.1) is 0 Å². The molecule has 0 aliphatic heterocycles. The Morgan fingerprint density at radius 3 is 2.65 bits per heavy atom. The SMILES string of the molecule is CC(C)=CCCc1ccc(/C=C/C=O)c(C)c1. The molecule has 0 bridgehead atoms. The average Bonchev–Trinajstić information content (AvgIpc) is 2.27. The van der Waals surface area contributed by atoms with Gasteiger partial charge in [-0.05, 0) is 56.4 Å². The number of hydrogen-bond donors (Lipinski definition) is 0. The first kappa shape index (κ1) is 13.4. The van der Waals surface area contributed by atoms with Crippen LogP contribution in [0.4, 0.5) is 0 Å². The van der Waals surface area contributed by atoms with Crippen molar-refractivity contribution in [2.45, 2.75) is 33.6 Å². The molecule has 1 rings (SSSR count). The Morgan fingerprint density at radius 2 is 2.06 bits per heavy atom. The second-order valence-corrected chi connectivity index (χ2v) is 4.51. The lowest BCUT2D eigenvalue weighted by Gasteiger charge is -2.04.